The lowest BCUT2D eigenvalue weighted by Gasteiger charge is -2.00. The third-order valence-electron chi connectivity index (χ3n) is 2.84. The summed E-state index contributed by atoms with van der Waals surface area (Å²) in [6.07, 6.45) is 1.48. The molecule has 2 aromatic heterocycles. The number of rotatable bonds is 0. The van der Waals surface area contributed by atoms with Gasteiger partial charge >= 0.3 is 0 Å². The molecule has 80 valence electrons. The highest BCUT2D eigenvalue weighted by Crippen LogP contribution is 2.28. The van der Waals surface area contributed by atoms with Crippen molar-refractivity contribution in [1.82, 2.24) is 19.7 Å². The van der Waals surface area contributed by atoms with E-state index < -0.39 is 0 Å². The van der Waals surface area contributed by atoms with Crippen molar-refractivity contribution in [2.75, 3.05) is 0 Å². The third kappa shape index (κ3) is 1.13. The van der Waals surface area contributed by atoms with Gasteiger partial charge in [-0.3, -0.25) is 4.68 Å². The Balaban J connectivity index is 2.63. The lowest BCUT2D eigenvalue weighted by molar-refractivity contribution is 0.751. The molecular formula is C11H9ClN4. The minimum atomic E-state index is 0.482. The van der Waals surface area contributed by atoms with Crippen LogP contribution in [0.4, 0.5) is 0 Å². The van der Waals surface area contributed by atoms with E-state index in [9.17, 15) is 0 Å². The Labute approximate surface area is 96.9 Å². The maximum Gasteiger partial charge on any atom is 0.140 e. The van der Waals surface area contributed by atoms with E-state index in [2.05, 4.69) is 15.1 Å². The predicted molar refractivity (Wildman–Crippen MR) is 63.6 cm³/mol. The number of hydrogen-bond acceptors (Lipinski definition) is 3. The molecule has 0 unspecified atom stereocenters. The van der Waals surface area contributed by atoms with Crippen molar-refractivity contribution < 1.29 is 0 Å². The van der Waals surface area contributed by atoms with Gasteiger partial charge in [-0.05, 0) is 19.1 Å². The Morgan fingerprint density at radius 3 is 2.88 bits per heavy atom. The fraction of sp³-hybridized carbons (Fsp3) is 0.182. The van der Waals surface area contributed by atoms with Crippen LogP contribution < -0.4 is 0 Å². The number of aryl methyl sites for hydroxylation is 2. The van der Waals surface area contributed by atoms with Gasteiger partial charge in [0.15, 0.2) is 0 Å². The summed E-state index contributed by atoms with van der Waals surface area (Å²) in [5.41, 5.74) is 2.88. The minimum Gasteiger partial charge on any atom is -0.272 e. The number of hydrogen-bond donors (Lipinski definition) is 0. The molecule has 0 aliphatic rings. The van der Waals surface area contributed by atoms with Gasteiger partial charge in [-0.1, -0.05) is 11.6 Å². The van der Waals surface area contributed by atoms with Gasteiger partial charge in [-0.15, -0.1) is 0 Å². The summed E-state index contributed by atoms with van der Waals surface area (Å²) in [7, 11) is 1.92. The van der Waals surface area contributed by atoms with Crippen LogP contribution in [0.1, 0.15) is 5.69 Å². The first-order valence-corrected chi connectivity index (χ1v) is 5.29. The summed E-state index contributed by atoms with van der Waals surface area (Å²) in [6.45, 7) is 2.02. The molecule has 0 saturated heterocycles. The van der Waals surface area contributed by atoms with Gasteiger partial charge in [0.05, 0.1) is 11.0 Å². The Bertz CT molecular complexity index is 702. The van der Waals surface area contributed by atoms with Crippen molar-refractivity contribution in [1.29, 1.82) is 0 Å². The highest BCUT2D eigenvalue weighted by molar-refractivity contribution is 6.34. The smallest absolute Gasteiger partial charge is 0.140 e. The molecule has 0 aliphatic carbocycles. The molecule has 0 amide bonds. The fourth-order valence-corrected chi connectivity index (χ4v) is 2.12. The van der Waals surface area contributed by atoms with Crippen LogP contribution in [0.2, 0.25) is 5.15 Å². The van der Waals surface area contributed by atoms with Gasteiger partial charge in [0, 0.05) is 23.5 Å². The van der Waals surface area contributed by atoms with Crippen molar-refractivity contribution in [2.45, 2.75) is 6.92 Å². The van der Waals surface area contributed by atoms with E-state index in [1.54, 1.807) is 0 Å². The Morgan fingerprint density at radius 1 is 1.25 bits per heavy atom. The van der Waals surface area contributed by atoms with Crippen LogP contribution in [0.15, 0.2) is 18.5 Å². The molecule has 5 heteroatoms. The molecule has 2 heterocycles. The normalized spacial score (nSPS) is 11.4. The molecule has 0 saturated carbocycles. The van der Waals surface area contributed by atoms with Crippen molar-refractivity contribution >= 4 is 33.4 Å². The van der Waals surface area contributed by atoms with Gasteiger partial charge in [-0.2, -0.15) is 5.10 Å². The van der Waals surface area contributed by atoms with Crippen LogP contribution in [-0.4, -0.2) is 19.7 Å². The fourth-order valence-electron chi connectivity index (χ4n) is 1.93. The van der Waals surface area contributed by atoms with Crippen LogP contribution in [-0.2, 0) is 7.05 Å². The van der Waals surface area contributed by atoms with Gasteiger partial charge in [0.25, 0.3) is 0 Å². The Hall–Kier alpha value is -1.68. The van der Waals surface area contributed by atoms with Gasteiger partial charge in [0.2, 0.25) is 0 Å². The first-order valence-electron chi connectivity index (χ1n) is 4.91. The zero-order valence-electron chi connectivity index (χ0n) is 8.90. The molecule has 0 bridgehead atoms. The maximum absolute atomic E-state index is 6.04. The third-order valence-corrected chi connectivity index (χ3v) is 3.14. The highest BCUT2D eigenvalue weighted by atomic mass is 35.5. The average molecular weight is 233 g/mol. The van der Waals surface area contributed by atoms with Crippen molar-refractivity contribution in [3.8, 4) is 0 Å². The quantitative estimate of drug-likeness (QED) is 0.560. The Kier molecular flexibility index (Phi) is 1.88. The molecule has 4 nitrogen and oxygen atoms in total. The summed E-state index contributed by atoms with van der Waals surface area (Å²) in [4.78, 5) is 8.27. The predicted octanol–water partition coefficient (Wildman–Crippen LogP) is 2.48. The van der Waals surface area contributed by atoms with Crippen LogP contribution in [0.5, 0.6) is 0 Å². The molecule has 3 rings (SSSR count). The van der Waals surface area contributed by atoms with Gasteiger partial charge in [0.1, 0.15) is 11.5 Å². The zero-order valence-corrected chi connectivity index (χ0v) is 9.65. The molecular weight excluding hydrogens is 224 g/mol. The summed E-state index contributed by atoms with van der Waals surface area (Å²) in [6, 6.07) is 3.85. The van der Waals surface area contributed by atoms with Crippen LogP contribution in [0, 0.1) is 6.92 Å². The summed E-state index contributed by atoms with van der Waals surface area (Å²) < 4.78 is 1.85. The standard InChI is InChI=1S/C11H9ClN4/c1-6-9-8(15-16(6)2)4-3-7-10(9)13-5-14-11(7)12/h3-5H,1-2H3. The summed E-state index contributed by atoms with van der Waals surface area (Å²) in [5, 5.41) is 6.80. The first kappa shape index (κ1) is 9.54. The van der Waals surface area contributed by atoms with Crippen LogP contribution in [0.3, 0.4) is 0 Å². The number of nitrogens with zero attached hydrogens (tertiary/aromatic N) is 4. The van der Waals surface area contributed by atoms with E-state index in [1.807, 2.05) is 30.8 Å². The van der Waals surface area contributed by atoms with E-state index in [0.29, 0.717) is 5.15 Å². The average Bonchev–Trinajstić information content (AvgIpc) is 2.56. The largest absolute Gasteiger partial charge is 0.272 e. The van der Waals surface area contributed by atoms with E-state index >= 15 is 0 Å². The molecule has 3 aromatic rings. The maximum atomic E-state index is 6.04. The van der Waals surface area contributed by atoms with Crippen molar-refractivity contribution in [3.63, 3.8) is 0 Å². The molecule has 0 radical (unpaired) electrons. The first-order chi connectivity index (χ1) is 7.68. The molecule has 0 fully saturated rings. The molecule has 0 spiro atoms. The van der Waals surface area contributed by atoms with Crippen LogP contribution in [0.25, 0.3) is 21.8 Å². The second-order valence-corrected chi connectivity index (χ2v) is 4.09. The van der Waals surface area contributed by atoms with E-state index in [-0.39, 0.29) is 0 Å². The SMILES string of the molecule is Cc1c2c(ccc3c(Cl)ncnc32)nn1C. The molecule has 0 aliphatic heterocycles. The minimum absolute atomic E-state index is 0.482. The van der Waals surface area contributed by atoms with E-state index in [1.165, 1.54) is 6.33 Å². The lowest BCUT2D eigenvalue weighted by Crippen LogP contribution is -1.91. The van der Waals surface area contributed by atoms with Gasteiger partial charge in [-0.25, -0.2) is 9.97 Å². The monoisotopic (exact) mass is 232 g/mol. The van der Waals surface area contributed by atoms with Crippen molar-refractivity contribution in [3.05, 3.63) is 29.3 Å². The lowest BCUT2D eigenvalue weighted by atomic mass is 10.1. The Morgan fingerprint density at radius 2 is 2.06 bits per heavy atom. The molecule has 16 heavy (non-hydrogen) atoms. The number of benzene rings is 1. The summed E-state index contributed by atoms with van der Waals surface area (Å²) in [5.74, 6) is 0. The van der Waals surface area contributed by atoms with E-state index in [4.69, 9.17) is 11.6 Å². The van der Waals surface area contributed by atoms with E-state index in [0.717, 1.165) is 27.5 Å². The number of halogens is 1. The number of aromatic nitrogens is 4. The van der Waals surface area contributed by atoms with Gasteiger partial charge < -0.3 is 0 Å². The second-order valence-electron chi connectivity index (χ2n) is 3.73. The number of fused-ring (bicyclic) bond motifs is 3. The second kappa shape index (κ2) is 3.15. The molecule has 0 N–H and O–H groups in total. The zero-order chi connectivity index (χ0) is 11.3. The highest BCUT2D eigenvalue weighted by Gasteiger charge is 2.11. The summed E-state index contributed by atoms with van der Waals surface area (Å²) >= 11 is 6.04. The van der Waals surface area contributed by atoms with Crippen LogP contribution >= 0.6 is 11.6 Å². The van der Waals surface area contributed by atoms with Crippen molar-refractivity contribution in [2.24, 2.45) is 7.05 Å². The molecule has 1 aromatic carbocycles. The molecule has 0 atom stereocenters. The topological polar surface area (TPSA) is 43.6 Å².